The zero-order valence-electron chi connectivity index (χ0n) is 17.0. The first-order valence-electron chi connectivity index (χ1n) is 9.66. The molecule has 174 valence electrons. The molecule has 1 aliphatic heterocycles. The van der Waals surface area contributed by atoms with Crippen molar-refractivity contribution in [1.82, 2.24) is 9.62 Å². The first-order chi connectivity index (χ1) is 14.3. The molecule has 1 heterocycles. The lowest BCUT2D eigenvalue weighted by atomic mass is 9.97. The number of benzene rings is 1. The van der Waals surface area contributed by atoms with Gasteiger partial charge in [0, 0.05) is 25.6 Å². The van der Waals surface area contributed by atoms with Crippen molar-refractivity contribution in [2.24, 2.45) is 5.92 Å². The highest BCUT2D eigenvalue weighted by molar-refractivity contribution is 7.89. The molecule has 1 amide bonds. The molecule has 1 aliphatic rings. The van der Waals surface area contributed by atoms with Crippen molar-refractivity contribution < 1.29 is 35.9 Å². The van der Waals surface area contributed by atoms with Gasteiger partial charge in [0.25, 0.3) is 0 Å². The summed E-state index contributed by atoms with van der Waals surface area (Å²) in [5.41, 5.74) is -1.22. The van der Waals surface area contributed by atoms with Gasteiger partial charge in [0.2, 0.25) is 15.9 Å². The zero-order chi connectivity index (χ0) is 23.4. The highest BCUT2D eigenvalue weighted by atomic mass is 35.5. The van der Waals surface area contributed by atoms with Crippen LogP contribution in [0.1, 0.15) is 38.7 Å². The largest absolute Gasteiger partial charge is 0.463 e. The number of esters is 1. The lowest BCUT2D eigenvalue weighted by Gasteiger charge is -2.30. The maximum Gasteiger partial charge on any atom is 0.417 e. The molecule has 1 N–H and O–H groups in total. The predicted octanol–water partition coefficient (Wildman–Crippen LogP) is 3.22. The first kappa shape index (κ1) is 25.4. The van der Waals surface area contributed by atoms with E-state index in [2.05, 4.69) is 5.32 Å². The van der Waals surface area contributed by atoms with E-state index in [0.717, 1.165) is 16.4 Å². The number of alkyl halides is 3. The molecular weight excluding hydrogens is 461 g/mol. The highest BCUT2D eigenvalue weighted by Crippen LogP contribution is 2.36. The van der Waals surface area contributed by atoms with Crippen molar-refractivity contribution in [3.8, 4) is 0 Å². The van der Waals surface area contributed by atoms with Crippen LogP contribution in [-0.4, -0.2) is 50.3 Å². The summed E-state index contributed by atoms with van der Waals surface area (Å²) in [4.78, 5) is 23.2. The number of piperidine rings is 1. The third kappa shape index (κ3) is 6.81. The van der Waals surface area contributed by atoms with Gasteiger partial charge in [-0.15, -0.1) is 0 Å². The van der Waals surface area contributed by atoms with Crippen LogP contribution in [0.4, 0.5) is 13.2 Å². The van der Waals surface area contributed by atoms with E-state index in [0.29, 0.717) is 6.07 Å². The molecule has 0 radical (unpaired) electrons. The van der Waals surface area contributed by atoms with Crippen molar-refractivity contribution in [2.75, 3.05) is 19.6 Å². The smallest absolute Gasteiger partial charge is 0.417 e. The van der Waals surface area contributed by atoms with Gasteiger partial charge in [0.05, 0.1) is 28.0 Å². The second-order valence-corrected chi connectivity index (χ2v) is 9.74. The number of amides is 1. The fourth-order valence-corrected chi connectivity index (χ4v) is 4.86. The number of carbonyl (C=O) groups is 2. The van der Waals surface area contributed by atoms with Crippen molar-refractivity contribution in [1.29, 1.82) is 0 Å². The summed E-state index contributed by atoms with van der Waals surface area (Å²) >= 11 is 5.55. The van der Waals surface area contributed by atoms with Gasteiger partial charge in [0.15, 0.2) is 0 Å². The number of halogens is 4. The number of nitrogens with zero attached hydrogens (tertiary/aromatic N) is 1. The minimum absolute atomic E-state index is 0.0141. The van der Waals surface area contributed by atoms with Crippen LogP contribution in [0.3, 0.4) is 0 Å². The van der Waals surface area contributed by atoms with Gasteiger partial charge < -0.3 is 10.1 Å². The number of hydrogen-bond acceptors (Lipinski definition) is 5. The molecule has 12 heteroatoms. The molecule has 1 fully saturated rings. The SMILES string of the molecule is CC(C)OC(=O)CCNC(=O)C1CCN(S(=O)(=O)c2ccc(Cl)c(C(F)(F)F)c2)CC1. The Bertz CT molecular complexity index is 914. The molecule has 0 atom stereocenters. The average Bonchev–Trinajstić information content (AvgIpc) is 2.66. The van der Waals surface area contributed by atoms with E-state index in [1.165, 1.54) is 0 Å². The Labute approximate surface area is 183 Å². The normalized spacial score (nSPS) is 16.4. The molecular formula is C19H24ClF3N2O5S. The van der Waals surface area contributed by atoms with Crippen LogP contribution < -0.4 is 5.32 Å². The molecule has 0 aromatic heterocycles. The monoisotopic (exact) mass is 484 g/mol. The van der Waals surface area contributed by atoms with Crippen LogP contribution in [0.15, 0.2) is 23.1 Å². The van der Waals surface area contributed by atoms with Gasteiger partial charge in [0.1, 0.15) is 0 Å². The third-order valence-electron chi connectivity index (χ3n) is 4.70. The molecule has 2 rings (SSSR count). The van der Waals surface area contributed by atoms with E-state index in [1.807, 2.05) is 0 Å². The molecule has 0 saturated carbocycles. The number of hydrogen-bond donors (Lipinski definition) is 1. The number of carbonyl (C=O) groups excluding carboxylic acids is 2. The highest BCUT2D eigenvalue weighted by Gasteiger charge is 2.37. The second-order valence-electron chi connectivity index (χ2n) is 7.40. The van der Waals surface area contributed by atoms with Gasteiger partial charge in [-0.2, -0.15) is 17.5 Å². The van der Waals surface area contributed by atoms with Crippen LogP contribution in [0.25, 0.3) is 0 Å². The van der Waals surface area contributed by atoms with Crippen LogP contribution in [0.5, 0.6) is 0 Å². The third-order valence-corrected chi connectivity index (χ3v) is 6.93. The maximum atomic E-state index is 13.0. The Balaban J connectivity index is 1.94. The fraction of sp³-hybridized carbons (Fsp3) is 0.579. The Morgan fingerprint density at radius 3 is 2.42 bits per heavy atom. The Kier molecular flexibility index (Phi) is 8.34. The standard InChI is InChI=1S/C19H24ClF3N2O5S/c1-12(2)30-17(26)5-8-24-18(27)13-6-9-25(10-7-13)31(28,29)14-3-4-16(20)15(11-14)19(21,22)23/h3-4,11-13H,5-10H2,1-2H3,(H,24,27). The molecule has 31 heavy (non-hydrogen) atoms. The van der Waals surface area contributed by atoms with Gasteiger partial charge in [-0.25, -0.2) is 8.42 Å². The Morgan fingerprint density at radius 1 is 1.26 bits per heavy atom. The van der Waals surface area contributed by atoms with E-state index in [-0.39, 0.29) is 50.9 Å². The predicted molar refractivity (Wildman–Crippen MR) is 107 cm³/mol. The molecule has 0 bridgehead atoms. The summed E-state index contributed by atoms with van der Waals surface area (Å²) in [6.07, 6.45) is -4.59. The Hall–Kier alpha value is -1.85. The average molecular weight is 485 g/mol. The van der Waals surface area contributed by atoms with E-state index >= 15 is 0 Å². The topological polar surface area (TPSA) is 92.8 Å². The van der Waals surface area contributed by atoms with Gasteiger partial charge in [-0.1, -0.05) is 11.6 Å². The summed E-state index contributed by atoms with van der Waals surface area (Å²) in [5.74, 6) is -1.19. The minimum Gasteiger partial charge on any atom is -0.463 e. The summed E-state index contributed by atoms with van der Waals surface area (Å²) < 4.78 is 70.7. The number of ether oxygens (including phenoxy) is 1. The molecule has 0 aliphatic carbocycles. The summed E-state index contributed by atoms with van der Waals surface area (Å²) in [6.45, 7) is 3.51. The van der Waals surface area contributed by atoms with Crippen LogP contribution in [-0.2, 0) is 30.5 Å². The van der Waals surface area contributed by atoms with Crippen molar-refractivity contribution in [3.05, 3.63) is 28.8 Å². The lowest BCUT2D eigenvalue weighted by molar-refractivity contribution is -0.147. The van der Waals surface area contributed by atoms with Crippen LogP contribution in [0.2, 0.25) is 5.02 Å². The van der Waals surface area contributed by atoms with Gasteiger partial charge in [-0.05, 0) is 44.9 Å². The van der Waals surface area contributed by atoms with E-state index in [1.54, 1.807) is 13.8 Å². The van der Waals surface area contributed by atoms with Crippen LogP contribution >= 0.6 is 11.6 Å². The van der Waals surface area contributed by atoms with E-state index in [9.17, 15) is 31.2 Å². The molecule has 0 spiro atoms. The van der Waals surface area contributed by atoms with Gasteiger partial charge >= 0.3 is 12.1 Å². The van der Waals surface area contributed by atoms with Crippen molar-refractivity contribution in [3.63, 3.8) is 0 Å². The van der Waals surface area contributed by atoms with Gasteiger partial charge in [-0.3, -0.25) is 9.59 Å². The van der Waals surface area contributed by atoms with Crippen molar-refractivity contribution in [2.45, 2.75) is 50.3 Å². The van der Waals surface area contributed by atoms with E-state index < -0.39 is 43.6 Å². The first-order valence-corrected chi connectivity index (χ1v) is 11.5. The number of nitrogens with one attached hydrogen (secondary N) is 1. The lowest BCUT2D eigenvalue weighted by Crippen LogP contribution is -2.43. The summed E-state index contributed by atoms with van der Waals surface area (Å²) in [6, 6.07) is 2.45. The number of rotatable bonds is 7. The van der Waals surface area contributed by atoms with E-state index in [4.69, 9.17) is 16.3 Å². The molecule has 1 aromatic carbocycles. The Morgan fingerprint density at radius 2 is 1.87 bits per heavy atom. The quantitative estimate of drug-likeness (QED) is 0.600. The number of sulfonamides is 1. The molecule has 1 aromatic rings. The second kappa shape index (κ2) is 10.2. The summed E-state index contributed by atoms with van der Waals surface area (Å²) in [5, 5.41) is 2.04. The maximum absolute atomic E-state index is 13.0. The van der Waals surface area contributed by atoms with Crippen molar-refractivity contribution >= 4 is 33.5 Å². The molecule has 1 saturated heterocycles. The van der Waals surface area contributed by atoms with Crippen LogP contribution in [0, 0.1) is 5.92 Å². The molecule has 7 nitrogen and oxygen atoms in total. The summed E-state index contributed by atoms with van der Waals surface area (Å²) in [7, 11) is -4.17. The minimum atomic E-state index is -4.78. The molecule has 0 unspecified atom stereocenters. The fourth-order valence-electron chi connectivity index (χ4n) is 3.14. The zero-order valence-corrected chi connectivity index (χ0v) is 18.6.